The van der Waals surface area contributed by atoms with E-state index in [1.807, 2.05) is 78.9 Å². The van der Waals surface area contributed by atoms with Crippen LogP contribution < -0.4 is 10.1 Å². The van der Waals surface area contributed by atoms with Crippen LogP contribution in [-0.4, -0.2) is 25.1 Å². The van der Waals surface area contributed by atoms with E-state index >= 15 is 0 Å². The Morgan fingerprint density at radius 2 is 1.39 bits per heavy atom. The molecule has 0 fully saturated rings. The van der Waals surface area contributed by atoms with Gasteiger partial charge in [-0.15, -0.1) is 0 Å². The Kier molecular flexibility index (Phi) is 6.79. The van der Waals surface area contributed by atoms with Crippen molar-refractivity contribution in [1.29, 1.82) is 0 Å². The highest BCUT2D eigenvalue weighted by molar-refractivity contribution is 5.81. The molecule has 0 aliphatic heterocycles. The number of para-hydroxylation sites is 1. The minimum Gasteiger partial charge on any atom is -0.481 e. The summed E-state index contributed by atoms with van der Waals surface area (Å²) in [6, 6.07) is 26.7. The average molecular weight is 375 g/mol. The molecule has 0 aliphatic rings. The van der Waals surface area contributed by atoms with Crippen LogP contribution in [0.25, 0.3) is 11.1 Å². The van der Waals surface area contributed by atoms with E-state index in [0.717, 1.165) is 16.7 Å². The van der Waals surface area contributed by atoms with Crippen LogP contribution >= 0.6 is 0 Å². The molecule has 0 saturated heterocycles. The number of nitrogens with one attached hydrogen (secondary N) is 1. The normalized spacial score (nSPS) is 10.1. The SMILES string of the molecule is O=C(COC(=O)COc1ccccc1-c1ccccc1)NCc1ccccc1. The molecule has 3 aromatic carbocycles. The summed E-state index contributed by atoms with van der Waals surface area (Å²) in [5.74, 6) is -0.376. The summed E-state index contributed by atoms with van der Waals surface area (Å²) in [6.07, 6.45) is 0. The summed E-state index contributed by atoms with van der Waals surface area (Å²) >= 11 is 0. The van der Waals surface area contributed by atoms with Crippen molar-refractivity contribution in [2.24, 2.45) is 0 Å². The number of ether oxygens (including phenoxy) is 2. The van der Waals surface area contributed by atoms with Gasteiger partial charge in [-0.05, 0) is 17.2 Å². The fourth-order valence-electron chi connectivity index (χ4n) is 2.62. The van der Waals surface area contributed by atoms with Gasteiger partial charge in [-0.25, -0.2) is 4.79 Å². The summed E-state index contributed by atoms with van der Waals surface area (Å²) in [5.41, 5.74) is 2.85. The lowest BCUT2D eigenvalue weighted by Crippen LogP contribution is -2.29. The van der Waals surface area contributed by atoms with E-state index in [1.54, 1.807) is 6.07 Å². The van der Waals surface area contributed by atoms with Gasteiger partial charge >= 0.3 is 5.97 Å². The largest absolute Gasteiger partial charge is 0.481 e. The van der Waals surface area contributed by atoms with Gasteiger partial charge < -0.3 is 14.8 Å². The molecule has 0 radical (unpaired) electrons. The van der Waals surface area contributed by atoms with Crippen LogP contribution in [0.4, 0.5) is 0 Å². The Morgan fingerprint density at radius 1 is 0.750 bits per heavy atom. The molecule has 0 aromatic heterocycles. The quantitative estimate of drug-likeness (QED) is 0.611. The molecule has 0 spiro atoms. The van der Waals surface area contributed by atoms with Gasteiger partial charge in [0.2, 0.25) is 0 Å². The number of hydrogen-bond acceptors (Lipinski definition) is 4. The Hall–Kier alpha value is -3.60. The first kappa shape index (κ1) is 19.2. The Bertz CT molecular complexity index is 910. The highest BCUT2D eigenvalue weighted by Crippen LogP contribution is 2.29. The summed E-state index contributed by atoms with van der Waals surface area (Å²) in [5, 5.41) is 2.70. The van der Waals surface area contributed by atoms with Gasteiger partial charge in [0.05, 0.1) is 0 Å². The molecule has 5 nitrogen and oxygen atoms in total. The highest BCUT2D eigenvalue weighted by Gasteiger charge is 2.11. The molecule has 28 heavy (non-hydrogen) atoms. The third kappa shape index (κ3) is 5.71. The molecule has 0 unspecified atom stereocenters. The smallest absolute Gasteiger partial charge is 0.344 e. The average Bonchev–Trinajstić information content (AvgIpc) is 2.76. The van der Waals surface area contributed by atoms with Gasteiger partial charge in [0.25, 0.3) is 5.91 Å². The first-order valence-electron chi connectivity index (χ1n) is 8.96. The van der Waals surface area contributed by atoms with Gasteiger partial charge in [-0.1, -0.05) is 78.9 Å². The van der Waals surface area contributed by atoms with Crippen molar-refractivity contribution in [3.05, 3.63) is 90.5 Å². The first-order chi connectivity index (χ1) is 13.7. The fraction of sp³-hybridized carbons (Fsp3) is 0.130. The van der Waals surface area contributed by atoms with Crippen LogP contribution in [0.1, 0.15) is 5.56 Å². The van der Waals surface area contributed by atoms with E-state index < -0.39 is 5.97 Å². The second kappa shape index (κ2) is 9.92. The molecule has 0 atom stereocenters. The lowest BCUT2D eigenvalue weighted by molar-refractivity contribution is -0.150. The molecule has 1 amide bonds. The van der Waals surface area contributed by atoms with Crippen molar-refractivity contribution in [2.45, 2.75) is 6.54 Å². The molecular weight excluding hydrogens is 354 g/mol. The van der Waals surface area contributed by atoms with Crippen LogP contribution in [0, 0.1) is 0 Å². The summed E-state index contributed by atoms with van der Waals surface area (Å²) in [4.78, 5) is 23.7. The number of benzene rings is 3. The monoisotopic (exact) mass is 375 g/mol. The van der Waals surface area contributed by atoms with Crippen molar-refractivity contribution in [3.8, 4) is 16.9 Å². The molecule has 0 bridgehead atoms. The van der Waals surface area contributed by atoms with E-state index in [-0.39, 0.29) is 19.1 Å². The molecule has 0 aliphatic carbocycles. The van der Waals surface area contributed by atoms with Crippen molar-refractivity contribution in [2.75, 3.05) is 13.2 Å². The molecule has 0 heterocycles. The van der Waals surface area contributed by atoms with Crippen molar-refractivity contribution < 1.29 is 19.1 Å². The predicted octanol–water partition coefficient (Wildman–Crippen LogP) is 3.59. The van der Waals surface area contributed by atoms with Gasteiger partial charge in [-0.2, -0.15) is 0 Å². The van der Waals surface area contributed by atoms with Gasteiger partial charge in [0.1, 0.15) is 5.75 Å². The minimum absolute atomic E-state index is 0.268. The molecule has 142 valence electrons. The second-order valence-electron chi connectivity index (χ2n) is 6.07. The fourth-order valence-corrected chi connectivity index (χ4v) is 2.62. The zero-order valence-corrected chi connectivity index (χ0v) is 15.3. The third-order valence-electron chi connectivity index (χ3n) is 4.01. The molecule has 0 saturated carbocycles. The number of esters is 1. The molecular formula is C23H21NO4. The van der Waals surface area contributed by atoms with E-state index in [1.165, 1.54) is 0 Å². The lowest BCUT2D eigenvalue weighted by atomic mass is 10.1. The van der Waals surface area contributed by atoms with Crippen LogP contribution in [0.3, 0.4) is 0 Å². The maximum atomic E-state index is 11.9. The van der Waals surface area contributed by atoms with Crippen LogP contribution in [0.2, 0.25) is 0 Å². The van der Waals surface area contributed by atoms with E-state index in [2.05, 4.69) is 5.32 Å². The highest BCUT2D eigenvalue weighted by atomic mass is 16.6. The predicted molar refractivity (Wildman–Crippen MR) is 107 cm³/mol. The van der Waals surface area contributed by atoms with E-state index in [9.17, 15) is 9.59 Å². The lowest BCUT2D eigenvalue weighted by Gasteiger charge is -2.11. The zero-order valence-electron chi connectivity index (χ0n) is 15.3. The standard InChI is InChI=1S/C23H21NO4/c25-22(24-15-18-9-3-1-4-10-18)16-28-23(26)17-27-21-14-8-7-13-20(21)19-11-5-2-6-12-19/h1-14H,15-17H2,(H,24,25). The van der Waals surface area contributed by atoms with Crippen LogP contribution in [0.15, 0.2) is 84.9 Å². The van der Waals surface area contributed by atoms with Gasteiger partial charge in [0.15, 0.2) is 13.2 Å². The van der Waals surface area contributed by atoms with E-state index in [4.69, 9.17) is 9.47 Å². The number of amides is 1. The van der Waals surface area contributed by atoms with Crippen molar-refractivity contribution in [1.82, 2.24) is 5.32 Å². The zero-order chi connectivity index (χ0) is 19.6. The number of carbonyl (C=O) groups is 2. The third-order valence-corrected chi connectivity index (χ3v) is 4.01. The van der Waals surface area contributed by atoms with Crippen LogP contribution in [0.5, 0.6) is 5.75 Å². The number of carbonyl (C=O) groups excluding carboxylic acids is 2. The molecule has 1 N–H and O–H groups in total. The van der Waals surface area contributed by atoms with E-state index in [0.29, 0.717) is 12.3 Å². The van der Waals surface area contributed by atoms with Crippen molar-refractivity contribution in [3.63, 3.8) is 0 Å². The Balaban J connectivity index is 1.45. The summed E-state index contributed by atoms with van der Waals surface area (Å²) < 4.78 is 10.6. The molecule has 3 rings (SSSR count). The van der Waals surface area contributed by atoms with Gasteiger partial charge in [-0.3, -0.25) is 4.79 Å². The Labute approximate surface area is 163 Å². The number of rotatable bonds is 8. The maximum Gasteiger partial charge on any atom is 0.344 e. The minimum atomic E-state index is -0.599. The maximum absolute atomic E-state index is 11.9. The van der Waals surface area contributed by atoms with Crippen LogP contribution in [-0.2, 0) is 20.9 Å². The topological polar surface area (TPSA) is 64.6 Å². The molecule has 5 heteroatoms. The number of hydrogen-bond donors (Lipinski definition) is 1. The molecule has 3 aromatic rings. The second-order valence-corrected chi connectivity index (χ2v) is 6.07. The van der Waals surface area contributed by atoms with Gasteiger partial charge in [0, 0.05) is 12.1 Å². The first-order valence-corrected chi connectivity index (χ1v) is 8.96. The summed E-state index contributed by atoms with van der Waals surface area (Å²) in [7, 11) is 0. The summed E-state index contributed by atoms with van der Waals surface area (Å²) in [6.45, 7) is -0.219. The Morgan fingerprint density at radius 3 is 2.14 bits per heavy atom. The van der Waals surface area contributed by atoms with Crippen molar-refractivity contribution >= 4 is 11.9 Å².